The van der Waals surface area contributed by atoms with Crippen LogP contribution in [0.25, 0.3) is 0 Å². The van der Waals surface area contributed by atoms with Gasteiger partial charge in [-0.15, -0.1) is 0 Å². The van der Waals surface area contributed by atoms with Crippen LogP contribution in [0.4, 0.5) is 35.7 Å². The smallest absolute Gasteiger partial charge is 0.231 e. The minimum atomic E-state index is -0.332. The molecule has 0 aliphatic heterocycles. The third-order valence-corrected chi connectivity index (χ3v) is 2.69. The third-order valence-electron chi connectivity index (χ3n) is 2.69. The number of hydrogen-bond acceptors (Lipinski definition) is 18. The highest BCUT2D eigenvalue weighted by Gasteiger charge is 2.05. The fraction of sp³-hybridized carbons (Fsp3) is 0.500. The van der Waals surface area contributed by atoms with E-state index in [0.717, 1.165) is 0 Å². The number of hydrogen-bond donors (Lipinski definition) is 12. The summed E-state index contributed by atoms with van der Waals surface area (Å²) in [6.07, 6.45) is 0. The summed E-state index contributed by atoms with van der Waals surface area (Å²) >= 11 is 0. The minimum Gasteiger partial charge on any atom is -0.376 e. The minimum absolute atomic E-state index is 0.124. The number of aromatic nitrogens is 6. The van der Waals surface area contributed by atoms with Gasteiger partial charge in [0.2, 0.25) is 35.7 Å². The van der Waals surface area contributed by atoms with Crippen molar-refractivity contribution in [3.8, 4) is 0 Å². The van der Waals surface area contributed by atoms with Crippen LogP contribution in [0.15, 0.2) is 0 Å². The Kier molecular flexibility index (Phi) is 11.9. The van der Waals surface area contributed by atoms with Crippen LogP contribution >= 0.6 is 0 Å². The van der Waals surface area contributed by atoms with Crippen LogP contribution in [0.1, 0.15) is 0 Å². The molecule has 0 bridgehead atoms. The monoisotopic (exact) mass is 432 g/mol. The molecular weight excluding hydrogens is 408 g/mol. The molecule has 0 amide bonds. The molecule has 0 fully saturated rings. The van der Waals surface area contributed by atoms with E-state index in [1.807, 2.05) is 0 Å². The molecule has 0 saturated heterocycles. The molecule has 18 heteroatoms. The summed E-state index contributed by atoms with van der Waals surface area (Å²) in [7, 11) is 0. The molecule has 2 heterocycles. The van der Waals surface area contributed by atoms with Crippen molar-refractivity contribution in [1.29, 1.82) is 0 Å². The molecule has 2 aromatic rings. The summed E-state index contributed by atoms with van der Waals surface area (Å²) in [5.41, 5.74) is 0. The molecule has 18 nitrogen and oxygen atoms in total. The van der Waals surface area contributed by atoms with E-state index in [1.54, 1.807) is 0 Å². The Morgan fingerprint density at radius 3 is 0.567 bits per heavy atom. The molecule has 0 aliphatic rings. The number of aliphatic hydroxyl groups excluding tert-OH is 6. The van der Waals surface area contributed by atoms with Gasteiger partial charge in [-0.1, -0.05) is 0 Å². The van der Waals surface area contributed by atoms with E-state index in [0.29, 0.717) is 0 Å². The van der Waals surface area contributed by atoms with E-state index in [9.17, 15) is 0 Å². The Labute approximate surface area is 169 Å². The number of aliphatic hydroxyl groups is 6. The van der Waals surface area contributed by atoms with E-state index < -0.39 is 0 Å². The number of nitrogens with one attached hydrogen (secondary N) is 6. The second-order valence-corrected chi connectivity index (χ2v) is 4.62. The van der Waals surface area contributed by atoms with E-state index in [1.165, 1.54) is 0 Å². The molecule has 30 heavy (non-hydrogen) atoms. The van der Waals surface area contributed by atoms with Gasteiger partial charge in [0.25, 0.3) is 0 Å². The maximum absolute atomic E-state index is 8.61. The van der Waals surface area contributed by atoms with Gasteiger partial charge in [-0.25, -0.2) is 0 Å². The zero-order chi connectivity index (χ0) is 22.2. The maximum atomic E-state index is 8.61. The lowest BCUT2D eigenvalue weighted by molar-refractivity contribution is 0.321. The predicted octanol–water partition coefficient (Wildman–Crippen LogP) is -4.09. The molecule has 0 saturated carbocycles. The number of anilines is 6. The van der Waals surface area contributed by atoms with Crippen LogP contribution in [0, 0.1) is 0 Å². The average molecular weight is 432 g/mol. The van der Waals surface area contributed by atoms with Gasteiger partial charge >= 0.3 is 0 Å². The molecular formula is C12H24N12O6. The van der Waals surface area contributed by atoms with Crippen molar-refractivity contribution >= 4 is 35.7 Å². The molecule has 2 rings (SSSR count). The van der Waals surface area contributed by atoms with E-state index in [4.69, 9.17) is 30.6 Å². The van der Waals surface area contributed by atoms with Crippen LogP contribution in [-0.2, 0) is 0 Å². The van der Waals surface area contributed by atoms with Crippen molar-refractivity contribution in [3.05, 3.63) is 0 Å². The van der Waals surface area contributed by atoms with Crippen LogP contribution < -0.4 is 31.9 Å². The van der Waals surface area contributed by atoms with Gasteiger partial charge in [-0.05, 0) is 0 Å². The van der Waals surface area contributed by atoms with Crippen molar-refractivity contribution in [2.24, 2.45) is 0 Å². The Bertz CT molecular complexity index is 559. The predicted molar refractivity (Wildman–Crippen MR) is 104 cm³/mol. The zero-order valence-electron chi connectivity index (χ0n) is 15.6. The highest BCUT2D eigenvalue weighted by atomic mass is 16.3. The molecule has 0 spiro atoms. The summed E-state index contributed by atoms with van der Waals surface area (Å²) in [6, 6.07) is 0. The molecule has 0 aromatic carbocycles. The van der Waals surface area contributed by atoms with Crippen molar-refractivity contribution < 1.29 is 30.6 Å². The molecule has 168 valence electrons. The van der Waals surface area contributed by atoms with Gasteiger partial charge in [0.1, 0.15) is 40.4 Å². The highest BCUT2D eigenvalue weighted by Crippen LogP contribution is 2.09. The highest BCUT2D eigenvalue weighted by molar-refractivity contribution is 5.42. The molecule has 0 aliphatic carbocycles. The first-order valence-corrected chi connectivity index (χ1v) is 8.20. The normalized spacial score (nSPS) is 9.80. The zero-order valence-corrected chi connectivity index (χ0v) is 15.6. The number of rotatable bonds is 12. The summed E-state index contributed by atoms with van der Waals surface area (Å²) < 4.78 is 0. The first-order valence-electron chi connectivity index (χ1n) is 8.20. The van der Waals surface area contributed by atoms with Crippen molar-refractivity contribution in [2.45, 2.75) is 0 Å². The summed E-state index contributed by atoms with van der Waals surface area (Å²) in [6.45, 7) is -1.99. The van der Waals surface area contributed by atoms with Crippen LogP contribution in [0.3, 0.4) is 0 Å². The van der Waals surface area contributed by atoms with Crippen LogP contribution in [-0.4, -0.2) is 101 Å². The summed E-state index contributed by atoms with van der Waals surface area (Å²) in [5, 5.41) is 66.4. The lowest BCUT2D eigenvalue weighted by Crippen LogP contribution is -2.13. The summed E-state index contributed by atoms with van der Waals surface area (Å²) in [4.78, 5) is 22.9. The SMILES string of the molecule is OCNc1nc(NCO)nc(NCO)n1.OCNc1nc(NCO)nc(NCO)n1. The van der Waals surface area contributed by atoms with Crippen LogP contribution in [0.2, 0.25) is 0 Å². The molecule has 0 atom stereocenters. The quantitative estimate of drug-likeness (QED) is 0.142. The van der Waals surface area contributed by atoms with Crippen molar-refractivity contribution in [2.75, 3.05) is 72.3 Å². The van der Waals surface area contributed by atoms with Gasteiger partial charge < -0.3 is 62.5 Å². The van der Waals surface area contributed by atoms with E-state index in [-0.39, 0.29) is 76.1 Å². The van der Waals surface area contributed by atoms with Crippen molar-refractivity contribution in [3.63, 3.8) is 0 Å². The third kappa shape index (κ3) is 9.18. The van der Waals surface area contributed by atoms with Gasteiger partial charge in [0.15, 0.2) is 0 Å². The Morgan fingerprint density at radius 1 is 0.333 bits per heavy atom. The lowest BCUT2D eigenvalue weighted by Gasteiger charge is -2.07. The van der Waals surface area contributed by atoms with Crippen LogP contribution in [0.5, 0.6) is 0 Å². The van der Waals surface area contributed by atoms with E-state index >= 15 is 0 Å². The second-order valence-electron chi connectivity index (χ2n) is 4.62. The largest absolute Gasteiger partial charge is 0.376 e. The average Bonchev–Trinajstić information content (AvgIpc) is 2.70. The topological polar surface area (TPSA) is 271 Å². The van der Waals surface area contributed by atoms with Gasteiger partial charge in [0, 0.05) is 0 Å². The first-order chi connectivity index (χ1) is 14.6. The second kappa shape index (κ2) is 14.6. The van der Waals surface area contributed by atoms with Gasteiger partial charge in [-0.2, -0.15) is 29.9 Å². The Hall–Kier alpha value is -3.42. The first kappa shape index (κ1) is 24.6. The Balaban J connectivity index is 0.000000300. The fourth-order valence-corrected chi connectivity index (χ4v) is 1.65. The fourth-order valence-electron chi connectivity index (χ4n) is 1.65. The summed E-state index contributed by atoms with van der Waals surface area (Å²) in [5.74, 6) is 0.747. The van der Waals surface area contributed by atoms with Gasteiger partial charge in [-0.3, -0.25) is 0 Å². The Morgan fingerprint density at radius 2 is 0.467 bits per heavy atom. The molecule has 0 unspecified atom stereocenters. The lowest BCUT2D eigenvalue weighted by atomic mass is 10.8. The van der Waals surface area contributed by atoms with E-state index in [2.05, 4.69) is 61.8 Å². The van der Waals surface area contributed by atoms with Crippen molar-refractivity contribution in [1.82, 2.24) is 29.9 Å². The van der Waals surface area contributed by atoms with Gasteiger partial charge in [0.05, 0.1) is 0 Å². The molecule has 2 aromatic heterocycles. The maximum Gasteiger partial charge on any atom is 0.231 e. The standard InChI is InChI=1S/2C6H12N6O3/c2*13-1-7-4-10-5(8-2-14)12-6(11-4)9-3-15/h2*13-15H,1-3H2,(H3,7,8,9,10,11,12). The molecule has 12 N–H and O–H groups in total. The number of nitrogens with zero attached hydrogens (tertiary/aromatic N) is 6. The molecule has 0 radical (unpaired) electrons.